The second-order valence-corrected chi connectivity index (χ2v) is 8.77. The molecule has 7 nitrogen and oxygen atoms in total. The quantitative estimate of drug-likeness (QED) is 0.417. The zero-order valence-electron chi connectivity index (χ0n) is 20.8. The maximum atomic E-state index is 13.8. The van der Waals surface area contributed by atoms with Crippen LogP contribution in [-0.4, -0.2) is 42.0 Å². The molecule has 0 radical (unpaired) electrons. The molecule has 1 amide bonds. The third-order valence-corrected chi connectivity index (χ3v) is 6.36. The van der Waals surface area contributed by atoms with E-state index in [-0.39, 0.29) is 11.7 Å². The van der Waals surface area contributed by atoms with Crippen molar-refractivity contribution >= 4 is 33.9 Å². The molecule has 2 aromatic carbocycles. The molecule has 0 saturated carbocycles. The Balaban J connectivity index is 1.70. The highest BCUT2D eigenvalue weighted by Crippen LogP contribution is 2.36. The van der Waals surface area contributed by atoms with Crippen molar-refractivity contribution in [2.45, 2.75) is 33.6 Å². The van der Waals surface area contributed by atoms with Gasteiger partial charge in [-0.1, -0.05) is 12.5 Å². The van der Waals surface area contributed by atoms with Crippen LogP contribution in [0.3, 0.4) is 0 Å². The van der Waals surface area contributed by atoms with E-state index in [4.69, 9.17) is 4.74 Å². The van der Waals surface area contributed by atoms with E-state index < -0.39 is 0 Å². The second kappa shape index (κ2) is 11.2. The van der Waals surface area contributed by atoms with Gasteiger partial charge < -0.3 is 20.3 Å². The third kappa shape index (κ3) is 5.64. The summed E-state index contributed by atoms with van der Waals surface area (Å²) in [5.41, 5.74) is 4.20. The number of rotatable bonds is 7. The molecule has 2 heterocycles. The number of halogens is 1. The van der Waals surface area contributed by atoms with Gasteiger partial charge in [-0.15, -0.1) is 0 Å². The molecule has 4 rings (SSSR count). The molecular weight excluding hydrogens is 457 g/mol. The first kappa shape index (κ1) is 25.1. The number of pyridine rings is 1. The van der Waals surface area contributed by atoms with E-state index in [9.17, 15) is 14.4 Å². The Kier molecular flexibility index (Phi) is 7.81. The smallest absolute Gasteiger partial charge is 0.248 e. The number of carbonyl (C=O) groups excluding carboxylic acids is 1. The van der Waals surface area contributed by atoms with Crippen LogP contribution in [0.5, 0.6) is 5.75 Å². The summed E-state index contributed by atoms with van der Waals surface area (Å²) in [6, 6.07) is 10.4. The van der Waals surface area contributed by atoms with Crippen molar-refractivity contribution < 1.29 is 13.9 Å². The number of aromatic nitrogens is 1. The molecule has 0 spiro atoms. The fourth-order valence-corrected chi connectivity index (χ4v) is 4.33. The summed E-state index contributed by atoms with van der Waals surface area (Å²) < 4.78 is 19.6. The number of nitrogens with zero attached hydrogens (tertiary/aromatic N) is 3. The minimum Gasteiger partial charge on any atom is -0.492 e. The van der Waals surface area contributed by atoms with Crippen LogP contribution in [0.2, 0.25) is 0 Å². The first-order valence-corrected chi connectivity index (χ1v) is 12.2. The molecule has 1 aliphatic rings. The molecule has 0 aliphatic carbocycles. The molecule has 186 valence electrons. The third-order valence-electron chi connectivity index (χ3n) is 6.36. The topological polar surface area (TPSA) is 90.3 Å². The van der Waals surface area contributed by atoms with E-state index in [1.54, 1.807) is 37.3 Å². The zero-order valence-corrected chi connectivity index (χ0v) is 20.8. The van der Waals surface area contributed by atoms with Gasteiger partial charge in [0.1, 0.15) is 17.6 Å². The van der Waals surface area contributed by atoms with Crippen LogP contribution in [0.25, 0.3) is 10.9 Å². The molecule has 1 aromatic heterocycles. The van der Waals surface area contributed by atoms with E-state index in [0.717, 1.165) is 38.0 Å². The van der Waals surface area contributed by atoms with Gasteiger partial charge in [0.15, 0.2) is 0 Å². The fourth-order valence-electron chi connectivity index (χ4n) is 4.33. The Morgan fingerprint density at radius 1 is 1.25 bits per heavy atom. The highest BCUT2D eigenvalue weighted by Gasteiger charge is 2.17. The number of piperidine rings is 1. The largest absolute Gasteiger partial charge is 0.492 e. The minimum absolute atomic E-state index is 0.219. The first-order chi connectivity index (χ1) is 17.4. The highest BCUT2D eigenvalue weighted by atomic mass is 19.1. The number of amides is 1. The van der Waals surface area contributed by atoms with Gasteiger partial charge in [0.05, 0.1) is 29.1 Å². The molecule has 1 aliphatic heterocycles. The Morgan fingerprint density at radius 2 is 2.03 bits per heavy atom. The van der Waals surface area contributed by atoms with Crippen molar-refractivity contribution in [3.63, 3.8) is 0 Å². The molecule has 0 unspecified atom stereocenters. The molecule has 8 heteroatoms. The van der Waals surface area contributed by atoms with Crippen LogP contribution < -0.4 is 15.4 Å². The van der Waals surface area contributed by atoms with Crippen molar-refractivity contribution in [1.82, 2.24) is 9.88 Å². The van der Waals surface area contributed by atoms with Gasteiger partial charge in [-0.25, -0.2) is 4.39 Å². The summed E-state index contributed by atoms with van der Waals surface area (Å²) in [6.45, 7) is 9.03. The van der Waals surface area contributed by atoms with Gasteiger partial charge in [0.25, 0.3) is 0 Å². The van der Waals surface area contributed by atoms with Gasteiger partial charge in [-0.05, 0) is 63.1 Å². The Labute approximate surface area is 210 Å². The number of fused-ring (bicyclic) bond motifs is 1. The predicted molar refractivity (Wildman–Crippen MR) is 140 cm³/mol. The monoisotopic (exact) mass is 487 g/mol. The summed E-state index contributed by atoms with van der Waals surface area (Å²) >= 11 is 0. The fraction of sp³-hybridized carbons (Fsp3) is 0.321. The number of hydrogen-bond acceptors (Lipinski definition) is 6. The lowest BCUT2D eigenvalue weighted by Crippen LogP contribution is -2.30. The average Bonchev–Trinajstić information content (AvgIpc) is 2.87. The number of anilines is 3. The minimum atomic E-state index is -0.304. The van der Waals surface area contributed by atoms with Gasteiger partial charge >= 0.3 is 0 Å². The Bertz CT molecular complexity index is 1350. The van der Waals surface area contributed by atoms with Crippen LogP contribution in [0.4, 0.5) is 21.5 Å². The molecule has 0 atom stereocenters. The molecule has 2 N–H and O–H groups in total. The summed E-state index contributed by atoms with van der Waals surface area (Å²) in [5, 5.41) is 16.6. The molecule has 1 fully saturated rings. The first-order valence-electron chi connectivity index (χ1n) is 12.2. The Morgan fingerprint density at radius 3 is 2.69 bits per heavy atom. The van der Waals surface area contributed by atoms with Crippen molar-refractivity contribution in [3.05, 3.63) is 65.1 Å². The van der Waals surface area contributed by atoms with Crippen molar-refractivity contribution in [2.75, 3.05) is 36.9 Å². The lowest BCUT2D eigenvalue weighted by molar-refractivity contribution is -0.112. The van der Waals surface area contributed by atoms with E-state index >= 15 is 0 Å². The van der Waals surface area contributed by atoms with Gasteiger partial charge in [0, 0.05) is 42.5 Å². The van der Waals surface area contributed by atoms with Crippen LogP contribution in [0.15, 0.2) is 48.2 Å². The molecule has 1 saturated heterocycles. The maximum Gasteiger partial charge on any atom is 0.248 e. The molecule has 3 aromatic rings. The Hall–Kier alpha value is -3.96. The number of hydrogen-bond donors (Lipinski definition) is 2. The van der Waals surface area contributed by atoms with E-state index in [2.05, 4.69) is 33.5 Å². The number of carbonyl (C=O) groups is 1. The normalized spacial score (nSPS) is 13.8. The van der Waals surface area contributed by atoms with Crippen molar-refractivity contribution in [3.8, 4) is 11.8 Å². The second-order valence-electron chi connectivity index (χ2n) is 8.77. The molecule has 36 heavy (non-hydrogen) atoms. The van der Waals surface area contributed by atoms with Crippen molar-refractivity contribution in [2.24, 2.45) is 0 Å². The number of nitriles is 1. The van der Waals surface area contributed by atoms with E-state index in [1.807, 2.05) is 6.92 Å². The highest BCUT2D eigenvalue weighted by molar-refractivity contribution is 6.05. The number of benzene rings is 2. The average molecular weight is 488 g/mol. The summed E-state index contributed by atoms with van der Waals surface area (Å²) in [4.78, 5) is 19.7. The number of likely N-dealkylation sites (tertiary alicyclic amines) is 1. The SMILES string of the molecule is CCOc1cc2ncc(C#N)c(Nc3ccc(F)c(C)c3)c2cc1NC(=O)C=C1CCN(CC)CC1. The number of nitrogens with one attached hydrogen (secondary N) is 2. The number of aryl methyl sites for hydroxylation is 1. The van der Waals surface area contributed by atoms with Crippen LogP contribution >= 0.6 is 0 Å². The van der Waals surface area contributed by atoms with E-state index in [0.29, 0.717) is 51.4 Å². The van der Waals surface area contributed by atoms with Gasteiger partial charge in [-0.2, -0.15) is 5.26 Å². The van der Waals surface area contributed by atoms with Crippen LogP contribution in [0.1, 0.15) is 37.8 Å². The van der Waals surface area contributed by atoms with E-state index in [1.165, 1.54) is 12.3 Å². The van der Waals surface area contributed by atoms with Gasteiger partial charge in [-0.3, -0.25) is 9.78 Å². The summed E-state index contributed by atoms with van der Waals surface area (Å²) in [5.74, 6) is -0.0249. The number of ether oxygens (including phenoxy) is 1. The molecular formula is C28H30FN5O2. The van der Waals surface area contributed by atoms with Crippen molar-refractivity contribution in [1.29, 1.82) is 5.26 Å². The maximum absolute atomic E-state index is 13.8. The summed E-state index contributed by atoms with van der Waals surface area (Å²) in [7, 11) is 0. The standard InChI is InChI=1S/C28H30FN5O2/c1-4-34-10-8-19(9-11-34)13-27(35)33-25-14-22-24(15-26(25)36-5-2)31-17-20(16-30)28(22)32-21-6-7-23(29)18(3)12-21/h6-7,12-15,17H,4-5,8-11H2,1-3H3,(H,31,32)(H,33,35). The van der Waals surface area contributed by atoms with Gasteiger partial charge in [0.2, 0.25) is 5.91 Å². The van der Waals surface area contributed by atoms with Crippen LogP contribution in [0, 0.1) is 24.1 Å². The predicted octanol–water partition coefficient (Wildman–Crippen LogP) is 5.68. The van der Waals surface area contributed by atoms with Crippen LogP contribution in [-0.2, 0) is 4.79 Å². The lowest BCUT2D eigenvalue weighted by Gasteiger charge is -2.26. The molecule has 0 bridgehead atoms. The summed E-state index contributed by atoms with van der Waals surface area (Å²) in [6.07, 6.45) is 4.91. The zero-order chi connectivity index (χ0) is 25.7. The lowest BCUT2D eigenvalue weighted by atomic mass is 10.0.